The highest BCUT2D eigenvalue weighted by atomic mass is 32.2. The zero-order valence-corrected chi connectivity index (χ0v) is 11.5. The maximum absolute atomic E-state index is 12.1. The smallest absolute Gasteiger partial charge is 0.257 e. The molecule has 0 saturated carbocycles. The molecule has 6 nitrogen and oxygen atoms in total. The normalized spacial score (nSPS) is 25.2. The molecule has 3 N–H and O–H groups in total. The van der Waals surface area contributed by atoms with Crippen LogP contribution in [0.25, 0.3) is 0 Å². The second-order valence-electron chi connectivity index (χ2n) is 4.75. The predicted octanol–water partition coefficient (Wildman–Crippen LogP) is 0.391. The number of aryl methyl sites for hydroxylation is 1. The molecule has 1 saturated heterocycles. The van der Waals surface area contributed by atoms with Crippen molar-refractivity contribution in [3.05, 3.63) is 12.0 Å². The van der Waals surface area contributed by atoms with Crippen molar-refractivity contribution < 1.29 is 8.42 Å². The van der Waals surface area contributed by atoms with E-state index in [1.54, 1.807) is 0 Å². The van der Waals surface area contributed by atoms with Crippen LogP contribution in [-0.2, 0) is 16.4 Å². The Balaban J connectivity index is 2.06. The molecule has 0 amide bonds. The molecule has 1 fully saturated rings. The van der Waals surface area contributed by atoms with Gasteiger partial charge in [-0.05, 0) is 26.3 Å². The molecule has 2 unspecified atom stereocenters. The Hall–Kier alpha value is -0.920. The first-order valence-electron chi connectivity index (χ1n) is 6.31. The van der Waals surface area contributed by atoms with Gasteiger partial charge in [0.2, 0.25) is 0 Å². The molecular weight excluding hydrogens is 252 g/mol. The third kappa shape index (κ3) is 3.09. The van der Waals surface area contributed by atoms with Crippen molar-refractivity contribution in [1.29, 1.82) is 0 Å². The maximum atomic E-state index is 12.1. The Kier molecular flexibility index (Phi) is 4.04. The number of nitrogens with one attached hydrogen (secondary N) is 3. The molecule has 1 aromatic rings. The largest absolute Gasteiger partial charge is 0.332 e. The van der Waals surface area contributed by atoms with Gasteiger partial charge in [-0.2, -0.15) is 0 Å². The summed E-state index contributed by atoms with van der Waals surface area (Å²) in [6.07, 6.45) is 3.71. The SMILES string of the molecule is CCc1ncc(S(=O)(=O)NC2CCNC(C)C2)[nH]1. The lowest BCUT2D eigenvalue weighted by Gasteiger charge is -2.28. The van der Waals surface area contributed by atoms with Crippen LogP contribution in [0.3, 0.4) is 0 Å². The first-order valence-corrected chi connectivity index (χ1v) is 7.79. The number of rotatable bonds is 4. The molecule has 7 heteroatoms. The van der Waals surface area contributed by atoms with E-state index < -0.39 is 10.0 Å². The van der Waals surface area contributed by atoms with Crippen LogP contribution < -0.4 is 10.0 Å². The van der Waals surface area contributed by atoms with Crippen LogP contribution in [-0.4, -0.2) is 37.0 Å². The van der Waals surface area contributed by atoms with Gasteiger partial charge in [-0.3, -0.25) is 0 Å². The van der Waals surface area contributed by atoms with Gasteiger partial charge in [-0.1, -0.05) is 6.92 Å². The van der Waals surface area contributed by atoms with E-state index in [1.165, 1.54) is 6.20 Å². The summed E-state index contributed by atoms with van der Waals surface area (Å²) in [6.45, 7) is 4.83. The van der Waals surface area contributed by atoms with Gasteiger partial charge in [0.25, 0.3) is 10.0 Å². The molecule has 1 aromatic heterocycles. The van der Waals surface area contributed by atoms with Gasteiger partial charge in [0.05, 0.1) is 6.20 Å². The second kappa shape index (κ2) is 5.38. The quantitative estimate of drug-likeness (QED) is 0.740. The minimum Gasteiger partial charge on any atom is -0.332 e. The zero-order valence-electron chi connectivity index (χ0n) is 10.7. The summed E-state index contributed by atoms with van der Waals surface area (Å²) in [5, 5.41) is 3.45. The molecule has 0 bridgehead atoms. The summed E-state index contributed by atoms with van der Waals surface area (Å²) >= 11 is 0. The number of hydrogen-bond acceptors (Lipinski definition) is 4. The summed E-state index contributed by atoms with van der Waals surface area (Å²) in [5.41, 5.74) is 0. The number of aromatic amines is 1. The highest BCUT2D eigenvalue weighted by Gasteiger charge is 2.25. The van der Waals surface area contributed by atoms with Gasteiger partial charge in [0.15, 0.2) is 5.03 Å². The standard InChI is InChI=1S/C11H20N4O2S/c1-3-10-13-7-11(14-10)18(16,17)15-9-4-5-12-8(2)6-9/h7-9,12,15H,3-6H2,1-2H3,(H,13,14). The molecular formula is C11H20N4O2S. The molecule has 2 atom stereocenters. The van der Waals surface area contributed by atoms with Gasteiger partial charge in [0.1, 0.15) is 5.82 Å². The molecule has 2 heterocycles. The van der Waals surface area contributed by atoms with Gasteiger partial charge < -0.3 is 10.3 Å². The van der Waals surface area contributed by atoms with Crippen LogP contribution in [0.2, 0.25) is 0 Å². The van der Waals surface area contributed by atoms with Gasteiger partial charge >= 0.3 is 0 Å². The fourth-order valence-electron chi connectivity index (χ4n) is 2.18. The van der Waals surface area contributed by atoms with Crippen LogP contribution in [0.15, 0.2) is 11.2 Å². The number of sulfonamides is 1. The van der Waals surface area contributed by atoms with E-state index in [9.17, 15) is 8.42 Å². The molecule has 0 radical (unpaired) electrons. The molecule has 18 heavy (non-hydrogen) atoms. The van der Waals surface area contributed by atoms with Gasteiger partial charge in [-0.25, -0.2) is 18.1 Å². The Labute approximate surface area is 108 Å². The molecule has 1 aliphatic rings. The highest BCUT2D eigenvalue weighted by Crippen LogP contribution is 2.13. The van der Waals surface area contributed by atoms with Crippen molar-refractivity contribution in [2.24, 2.45) is 0 Å². The van der Waals surface area contributed by atoms with Gasteiger partial charge in [-0.15, -0.1) is 0 Å². The van der Waals surface area contributed by atoms with Crippen LogP contribution >= 0.6 is 0 Å². The predicted molar refractivity (Wildman–Crippen MR) is 68.8 cm³/mol. The Morgan fingerprint density at radius 3 is 2.94 bits per heavy atom. The average molecular weight is 272 g/mol. The Morgan fingerprint density at radius 1 is 1.56 bits per heavy atom. The van der Waals surface area contributed by atoms with E-state index in [0.29, 0.717) is 18.3 Å². The van der Waals surface area contributed by atoms with Crippen molar-refractivity contribution in [2.75, 3.05) is 6.54 Å². The topological polar surface area (TPSA) is 86.9 Å². The number of aromatic nitrogens is 2. The van der Waals surface area contributed by atoms with Crippen LogP contribution in [0, 0.1) is 0 Å². The van der Waals surface area contributed by atoms with E-state index in [4.69, 9.17) is 0 Å². The molecule has 102 valence electrons. The Morgan fingerprint density at radius 2 is 2.33 bits per heavy atom. The summed E-state index contributed by atoms with van der Waals surface area (Å²) < 4.78 is 27.0. The number of H-pyrrole nitrogens is 1. The van der Waals surface area contributed by atoms with Crippen molar-refractivity contribution in [1.82, 2.24) is 20.0 Å². The molecule has 0 aromatic carbocycles. The van der Waals surface area contributed by atoms with E-state index in [0.717, 1.165) is 19.4 Å². The highest BCUT2D eigenvalue weighted by molar-refractivity contribution is 7.89. The third-order valence-corrected chi connectivity index (χ3v) is 4.61. The fraction of sp³-hybridized carbons (Fsp3) is 0.727. The van der Waals surface area contributed by atoms with E-state index in [2.05, 4.69) is 26.9 Å². The Bertz CT molecular complexity index is 497. The lowest BCUT2D eigenvalue weighted by molar-refractivity contribution is 0.361. The van der Waals surface area contributed by atoms with Crippen molar-refractivity contribution >= 4 is 10.0 Å². The first kappa shape index (κ1) is 13.5. The number of nitrogens with zero attached hydrogens (tertiary/aromatic N) is 1. The van der Waals surface area contributed by atoms with Crippen molar-refractivity contribution in [3.63, 3.8) is 0 Å². The molecule has 0 spiro atoms. The molecule has 2 rings (SSSR count). The minimum atomic E-state index is -3.47. The van der Waals surface area contributed by atoms with Crippen molar-refractivity contribution in [3.8, 4) is 0 Å². The molecule has 1 aliphatic heterocycles. The van der Waals surface area contributed by atoms with Crippen LogP contribution in [0.5, 0.6) is 0 Å². The lowest BCUT2D eigenvalue weighted by atomic mass is 10.0. The zero-order chi connectivity index (χ0) is 13.2. The third-order valence-electron chi connectivity index (χ3n) is 3.18. The second-order valence-corrected chi connectivity index (χ2v) is 6.43. The van der Waals surface area contributed by atoms with Crippen LogP contribution in [0.4, 0.5) is 0 Å². The summed E-state index contributed by atoms with van der Waals surface area (Å²) in [4.78, 5) is 6.85. The van der Waals surface area contributed by atoms with E-state index >= 15 is 0 Å². The molecule has 0 aliphatic carbocycles. The number of piperidine rings is 1. The summed E-state index contributed by atoms with van der Waals surface area (Å²) in [6, 6.07) is 0.346. The van der Waals surface area contributed by atoms with Crippen LogP contribution in [0.1, 0.15) is 32.5 Å². The van der Waals surface area contributed by atoms with Gasteiger partial charge in [0, 0.05) is 18.5 Å². The number of imidazole rings is 1. The van der Waals surface area contributed by atoms with E-state index in [1.807, 2.05) is 6.92 Å². The van der Waals surface area contributed by atoms with Crippen molar-refractivity contribution in [2.45, 2.75) is 50.2 Å². The number of hydrogen-bond donors (Lipinski definition) is 3. The maximum Gasteiger partial charge on any atom is 0.257 e. The minimum absolute atomic E-state index is 0.000346. The average Bonchev–Trinajstić information content (AvgIpc) is 2.77. The first-order chi connectivity index (χ1) is 8.51. The van der Waals surface area contributed by atoms with E-state index in [-0.39, 0.29) is 11.1 Å². The monoisotopic (exact) mass is 272 g/mol. The fourth-order valence-corrected chi connectivity index (χ4v) is 3.40. The summed E-state index contributed by atoms with van der Waals surface area (Å²) in [5.74, 6) is 0.689. The lowest BCUT2D eigenvalue weighted by Crippen LogP contribution is -2.46. The summed E-state index contributed by atoms with van der Waals surface area (Å²) in [7, 11) is -3.47.